The van der Waals surface area contributed by atoms with Crippen LogP contribution >= 0.6 is 11.6 Å². The normalized spacial score (nSPS) is 16.8. The Balaban J connectivity index is 1.94. The van der Waals surface area contributed by atoms with Crippen molar-refractivity contribution < 1.29 is 14.6 Å². The minimum absolute atomic E-state index is 0.193. The van der Waals surface area contributed by atoms with Crippen molar-refractivity contribution in [2.75, 3.05) is 6.54 Å². The molecule has 4 nitrogen and oxygen atoms in total. The molecular weight excluding hydrogens is 302 g/mol. The molecule has 1 unspecified atom stereocenters. The summed E-state index contributed by atoms with van der Waals surface area (Å²) < 4.78 is 5.75. The van der Waals surface area contributed by atoms with Gasteiger partial charge in [-0.3, -0.25) is 4.79 Å². The van der Waals surface area contributed by atoms with Gasteiger partial charge in [-0.2, -0.15) is 0 Å². The summed E-state index contributed by atoms with van der Waals surface area (Å²) in [6, 6.07) is 5.10. The highest BCUT2D eigenvalue weighted by Gasteiger charge is 2.23. The van der Waals surface area contributed by atoms with Gasteiger partial charge in [0.15, 0.2) is 0 Å². The second-order valence-electron chi connectivity index (χ2n) is 6.90. The van der Waals surface area contributed by atoms with Gasteiger partial charge in [0.1, 0.15) is 5.75 Å². The molecule has 0 aromatic heterocycles. The zero-order valence-electron chi connectivity index (χ0n) is 13.4. The van der Waals surface area contributed by atoms with Crippen LogP contribution < -0.4 is 10.1 Å². The number of rotatable bonds is 5. The molecule has 0 heterocycles. The average molecular weight is 326 g/mol. The molecule has 1 atom stereocenters. The maximum absolute atomic E-state index is 12.2. The second-order valence-corrected chi connectivity index (χ2v) is 7.31. The third kappa shape index (κ3) is 4.37. The average Bonchev–Trinajstić information content (AvgIpc) is 2.39. The van der Waals surface area contributed by atoms with Crippen LogP contribution in [0.2, 0.25) is 5.02 Å². The molecule has 0 saturated heterocycles. The molecule has 1 saturated carbocycles. The number of nitrogens with one attached hydrogen (secondary N) is 1. The maximum atomic E-state index is 12.2. The van der Waals surface area contributed by atoms with Crippen molar-refractivity contribution >= 4 is 17.5 Å². The fraction of sp³-hybridized carbons (Fsp3) is 0.588. The number of halogens is 1. The van der Waals surface area contributed by atoms with E-state index >= 15 is 0 Å². The van der Waals surface area contributed by atoms with E-state index in [9.17, 15) is 9.90 Å². The van der Waals surface area contributed by atoms with Crippen molar-refractivity contribution in [3.63, 3.8) is 0 Å². The van der Waals surface area contributed by atoms with Gasteiger partial charge < -0.3 is 15.2 Å². The topological polar surface area (TPSA) is 58.6 Å². The van der Waals surface area contributed by atoms with Gasteiger partial charge in [0.25, 0.3) is 5.91 Å². The Morgan fingerprint density at radius 2 is 2.14 bits per heavy atom. The molecule has 2 rings (SSSR count). The van der Waals surface area contributed by atoms with E-state index in [1.807, 2.05) is 20.8 Å². The Labute approximate surface area is 136 Å². The van der Waals surface area contributed by atoms with Crippen molar-refractivity contribution in [3.8, 4) is 5.75 Å². The Hall–Kier alpha value is -1.26. The van der Waals surface area contributed by atoms with Crippen molar-refractivity contribution in [3.05, 3.63) is 28.8 Å². The van der Waals surface area contributed by atoms with Gasteiger partial charge in [-0.1, -0.05) is 32.4 Å². The molecule has 1 fully saturated rings. The summed E-state index contributed by atoms with van der Waals surface area (Å²) in [5, 5.41) is 13.0. The molecule has 1 aliphatic rings. The first-order valence-electron chi connectivity index (χ1n) is 7.70. The molecule has 1 aliphatic carbocycles. The van der Waals surface area contributed by atoms with Gasteiger partial charge >= 0.3 is 0 Å². The largest absolute Gasteiger partial charge is 0.490 e. The predicted octanol–water partition coefficient (Wildman–Crippen LogP) is 3.41. The summed E-state index contributed by atoms with van der Waals surface area (Å²) in [4.78, 5) is 12.2. The molecule has 5 heteroatoms. The number of benzene rings is 1. The molecule has 122 valence electrons. The number of aliphatic hydroxyl groups is 1. The summed E-state index contributed by atoms with van der Waals surface area (Å²) in [6.45, 7) is 5.95. The standard InChI is InChI=1S/C17H24ClNO3/c1-17(2,3)15(20)10-19-16(21)13-8-7-12(9-14(13)18)22-11-5-4-6-11/h7-9,11,15,20H,4-6,10H2,1-3H3,(H,19,21). The van der Waals surface area contributed by atoms with E-state index in [2.05, 4.69) is 5.32 Å². The highest BCUT2D eigenvalue weighted by atomic mass is 35.5. The fourth-order valence-corrected chi connectivity index (χ4v) is 2.28. The zero-order valence-corrected chi connectivity index (χ0v) is 14.1. The van der Waals surface area contributed by atoms with Crippen molar-refractivity contribution in [1.29, 1.82) is 0 Å². The smallest absolute Gasteiger partial charge is 0.252 e. The molecule has 2 N–H and O–H groups in total. The SMILES string of the molecule is CC(C)(C)C(O)CNC(=O)c1ccc(OC2CCC2)cc1Cl. The lowest BCUT2D eigenvalue weighted by Gasteiger charge is -2.27. The summed E-state index contributed by atoms with van der Waals surface area (Å²) in [7, 11) is 0. The molecule has 1 aromatic rings. The Morgan fingerprint density at radius 1 is 1.45 bits per heavy atom. The number of amides is 1. The van der Waals surface area contributed by atoms with Crippen molar-refractivity contribution in [1.82, 2.24) is 5.32 Å². The van der Waals surface area contributed by atoms with E-state index in [0.717, 1.165) is 12.8 Å². The molecule has 0 radical (unpaired) electrons. The summed E-state index contributed by atoms with van der Waals surface area (Å²) in [5.41, 5.74) is 0.112. The van der Waals surface area contributed by atoms with Crippen LogP contribution in [0.5, 0.6) is 5.75 Å². The van der Waals surface area contributed by atoms with Crippen LogP contribution in [0.4, 0.5) is 0 Å². The highest BCUT2D eigenvalue weighted by molar-refractivity contribution is 6.34. The minimum Gasteiger partial charge on any atom is -0.490 e. The van der Waals surface area contributed by atoms with Crippen molar-refractivity contribution in [2.45, 2.75) is 52.2 Å². The molecule has 1 amide bonds. The number of aliphatic hydroxyl groups excluding tert-OH is 1. The lowest BCUT2D eigenvalue weighted by Crippen LogP contribution is -2.39. The lowest BCUT2D eigenvalue weighted by molar-refractivity contribution is 0.0587. The van der Waals surface area contributed by atoms with Gasteiger partial charge in [0.2, 0.25) is 0 Å². The second kappa shape index (κ2) is 6.88. The maximum Gasteiger partial charge on any atom is 0.252 e. The lowest BCUT2D eigenvalue weighted by atomic mass is 9.89. The van der Waals surface area contributed by atoms with Crippen LogP contribution in [-0.2, 0) is 0 Å². The quantitative estimate of drug-likeness (QED) is 0.872. The van der Waals surface area contributed by atoms with E-state index in [-0.39, 0.29) is 24.0 Å². The van der Waals surface area contributed by atoms with Crippen molar-refractivity contribution in [2.24, 2.45) is 5.41 Å². The molecule has 0 spiro atoms. The van der Waals surface area contributed by atoms with E-state index in [4.69, 9.17) is 16.3 Å². The van der Waals surface area contributed by atoms with E-state index < -0.39 is 6.10 Å². The van der Waals surface area contributed by atoms with Gasteiger partial charge in [0, 0.05) is 6.54 Å². The molecule has 0 aliphatic heterocycles. The first-order valence-corrected chi connectivity index (χ1v) is 8.07. The molecule has 0 bridgehead atoms. The zero-order chi connectivity index (χ0) is 16.3. The predicted molar refractivity (Wildman–Crippen MR) is 87.5 cm³/mol. The van der Waals surface area contributed by atoms with Gasteiger partial charge in [-0.15, -0.1) is 0 Å². The van der Waals surface area contributed by atoms with Crippen LogP contribution in [0.25, 0.3) is 0 Å². The summed E-state index contributed by atoms with van der Waals surface area (Å²) in [5.74, 6) is 0.407. The number of hydrogen-bond acceptors (Lipinski definition) is 3. The van der Waals surface area contributed by atoms with E-state index in [1.165, 1.54) is 6.42 Å². The van der Waals surface area contributed by atoms with Crippen LogP contribution in [-0.4, -0.2) is 29.8 Å². The number of carbonyl (C=O) groups is 1. The Kier molecular flexibility index (Phi) is 5.35. The number of hydrogen-bond donors (Lipinski definition) is 2. The highest BCUT2D eigenvalue weighted by Crippen LogP contribution is 2.28. The van der Waals surface area contributed by atoms with Gasteiger partial charge in [-0.25, -0.2) is 0 Å². The molecular formula is C17H24ClNO3. The van der Waals surface area contributed by atoms with Gasteiger partial charge in [-0.05, 0) is 42.9 Å². The van der Waals surface area contributed by atoms with E-state index in [1.54, 1.807) is 18.2 Å². The van der Waals surface area contributed by atoms with E-state index in [0.29, 0.717) is 16.3 Å². The third-order valence-electron chi connectivity index (χ3n) is 4.00. The molecule has 22 heavy (non-hydrogen) atoms. The minimum atomic E-state index is -0.614. The van der Waals surface area contributed by atoms with Crippen LogP contribution in [0.15, 0.2) is 18.2 Å². The van der Waals surface area contributed by atoms with Crippen LogP contribution in [0.1, 0.15) is 50.4 Å². The Morgan fingerprint density at radius 3 is 2.64 bits per heavy atom. The van der Waals surface area contributed by atoms with Gasteiger partial charge in [0.05, 0.1) is 22.8 Å². The number of ether oxygens (including phenoxy) is 1. The fourth-order valence-electron chi connectivity index (χ4n) is 2.03. The summed E-state index contributed by atoms with van der Waals surface area (Å²) >= 11 is 6.17. The third-order valence-corrected chi connectivity index (χ3v) is 4.31. The number of carbonyl (C=O) groups excluding carboxylic acids is 1. The van der Waals surface area contributed by atoms with Crippen LogP contribution in [0, 0.1) is 5.41 Å². The Bertz CT molecular complexity index is 535. The summed E-state index contributed by atoms with van der Waals surface area (Å²) in [6.07, 6.45) is 3.01. The first kappa shape index (κ1) is 17.1. The molecule has 1 aromatic carbocycles. The monoisotopic (exact) mass is 325 g/mol. The first-order chi connectivity index (χ1) is 10.3. The van der Waals surface area contributed by atoms with Crippen LogP contribution in [0.3, 0.4) is 0 Å².